The summed E-state index contributed by atoms with van der Waals surface area (Å²) in [5, 5.41) is 0. The van der Waals surface area contributed by atoms with Gasteiger partial charge in [-0.2, -0.15) is 0 Å². The van der Waals surface area contributed by atoms with E-state index in [1.165, 1.54) is 0 Å². The summed E-state index contributed by atoms with van der Waals surface area (Å²) < 4.78 is 15.6. The van der Waals surface area contributed by atoms with Crippen LogP contribution in [0.15, 0.2) is 12.7 Å². The molecule has 0 saturated heterocycles. The van der Waals surface area contributed by atoms with Crippen molar-refractivity contribution in [2.24, 2.45) is 5.92 Å². The first kappa shape index (κ1) is 14.3. The van der Waals surface area contributed by atoms with Gasteiger partial charge in [0.15, 0.2) is 6.79 Å². The van der Waals surface area contributed by atoms with Crippen molar-refractivity contribution in [3.8, 4) is 0 Å². The van der Waals surface area contributed by atoms with E-state index in [9.17, 15) is 4.79 Å². The molecule has 0 aliphatic carbocycles. The Morgan fingerprint density at radius 3 is 2.53 bits per heavy atom. The lowest BCUT2D eigenvalue weighted by Gasteiger charge is -2.26. The minimum absolute atomic E-state index is 0.0614. The topological polar surface area (TPSA) is 44.8 Å². The largest absolute Gasteiger partial charge is 0.436 e. The van der Waals surface area contributed by atoms with Gasteiger partial charge in [-0.05, 0) is 18.5 Å². The number of carbonyl (C=O) groups is 1. The first-order chi connectivity index (χ1) is 6.93. The van der Waals surface area contributed by atoms with Crippen molar-refractivity contribution in [3.05, 3.63) is 12.7 Å². The van der Waals surface area contributed by atoms with Crippen LogP contribution in [0, 0.1) is 5.92 Å². The molecule has 0 bridgehead atoms. The van der Waals surface area contributed by atoms with Crippen LogP contribution < -0.4 is 0 Å². The van der Waals surface area contributed by atoms with Crippen LogP contribution in [0.25, 0.3) is 0 Å². The standard InChI is InChI=1S/C10H20O4Si/c1-6-10(11)13-8-14-15(5,12-4)7-9(2)3/h6,9H,1,7-8H2,2-5H3. The second-order valence-electron chi connectivity index (χ2n) is 3.87. The second kappa shape index (κ2) is 6.76. The van der Waals surface area contributed by atoms with Crippen LogP contribution in [0.4, 0.5) is 0 Å². The minimum Gasteiger partial charge on any atom is -0.436 e. The molecule has 0 fully saturated rings. The quantitative estimate of drug-likeness (QED) is 0.292. The monoisotopic (exact) mass is 232 g/mol. The summed E-state index contributed by atoms with van der Waals surface area (Å²) >= 11 is 0. The van der Waals surface area contributed by atoms with Gasteiger partial charge in [-0.1, -0.05) is 20.4 Å². The highest BCUT2D eigenvalue weighted by atomic mass is 28.4. The van der Waals surface area contributed by atoms with Gasteiger partial charge in [0.2, 0.25) is 0 Å². The van der Waals surface area contributed by atoms with Crippen molar-refractivity contribution in [1.82, 2.24) is 0 Å². The Morgan fingerprint density at radius 2 is 2.13 bits per heavy atom. The highest BCUT2D eigenvalue weighted by molar-refractivity contribution is 6.66. The summed E-state index contributed by atoms with van der Waals surface area (Å²) in [5.41, 5.74) is 0. The molecule has 1 atom stereocenters. The van der Waals surface area contributed by atoms with Gasteiger partial charge in [-0.15, -0.1) is 0 Å². The maximum atomic E-state index is 10.8. The van der Waals surface area contributed by atoms with Crippen LogP contribution in [0.2, 0.25) is 12.6 Å². The first-order valence-electron chi connectivity index (χ1n) is 4.92. The van der Waals surface area contributed by atoms with Gasteiger partial charge in [0, 0.05) is 13.2 Å². The van der Waals surface area contributed by atoms with Crippen LogP contribution in [0.3, 0.4) is 0 Å². The van der Waals surface area contributed by atoms with E-state index < -0.39 is 14.5 Å². The molecule has 0 aliphatic heterocycles. The Bertz CT molecular complexity index is 217. The predicted octanol–water partition coefficient (Wildman–Crippen LogP) is 2.06. The number of carbonyl (C=O) groups excluding carboxylic acids is 1. The van der Waals surface area contributed by atoms with Gasteiger partial charge in [0.1, 0.15) is 0 Å². The van der Waals surface area contributed by atoms with Crippen LogP contribution in [-0.4, -0.2) is 28.4 Å². The molecule has 88 valence electrons. The van der Waals surface area contributed by atoms with E-state index in [-0.39, 0.29) is 6.79 Å². The molecule has 0 aromatic heterocycles. The molecule has 0 radical (unpaired) electrons. The highest BCUT2D eigenvalue weighted by Crippen LogP contribution is 2.18. The van der Waals surface area contributed by atoms with E-state index in [1.54, 1.807) is 7.11 Å². The lowest BCUT2D eigenvalue weighted by atomic mass is 10.3. The van der Waals surface area contributed by atoms with Crippen molar-refractivity contribution >= 4 is 14.5 Å². The van der Waals surface area contributed by atoms with Crippen LogP contribution in [0.1, 0.15) is 13.8 Å². The van der Waals surface area contributed by atoms with Gasteiger partial charge >= 0.3 is 14.5 Å². The summed E-state index contributed by atoms with van der Waals surface area (Å²) in [6.45, 7) is 9.39. The average molecular weight is 232 g/mol. The van der Waals surface area contributed by atoms with Crippen molar-refractivity contribution < 1.29 is 18.4 Å². The molecule has 0 spiro atoms. The molecule has 15 heavy (non-hydrogen) atoms. The van der Waals surface area contributed by atoms with Gasteiger partial charge in [0.05, 0.1) is 0 Å². The second-order valence-corrected chi connectivity index (χ2v) is 7.24. The van der Waals surface area contributed by atoms with Gasteiger partial charge in [0.25, 0.3) is 0 Å². The smallest absolute Gasteiger partial charge is 0.337 e. The number of hydrogen-bond acceptors (Lipinski definition) is 4. The molecule has 0 aromatic rings. The van der Waals surface area contributed by atoms with Crippen LogP contribution in [-0.2, 0) is 18.4 Å². The Morgan fingerprint density at radius 1 is 1.53 bits per heavy atom. The normalized spacial score (nSPS) is 14.7. The average Bonchev–Trinajstić information content (AvgIpc) is 2.16. The molecule has 0 aromatic carbocycles. The van der Waals surface area contributed by atoms with E-state index >= 15 is 0 Å². The lowest BCUT2D eigenvalue weighted by Crippen LogP contribution is -2.39. The van der Waals surface area contributed by atoms with Crippen molar-refractivity contribution in [1.29, 1.82) is 0 Å². The van der Waals surface area contributed by atoms with E-state index in [0.717, 1.165) is 12.1 Å². The highest BCUT2D eigenvalue weighted by Gasteiger charge is 2.31. The SMILES string of the molecule is C=CC(=O)OCO[Si](C)(CC(C)C)OC. The Hall–Kier alpha value is -0.653. The summed E-state index contributed by atoms with van der Waals surface area (Å²) in [6.07, 6.45) is 1.11. The molecular formula is C10H20O4Si. The molecule has 0 aliphatic rings. The van der Waals surface area contributed by atoms with E-state index in [0.29, 0.717) is 5.92 Å². The van der Waals surface area contributed by atoms with Gasteiger partial charge < -0.3 is 13.6 Å². The Balaban J connectivity index is 3.97. The molecule has 0 N–H and O–H groups in total. The van der Waals surface area contributed by atoms with E-state index in [2.05, 4.69) is 20.4 Å². The van der Waals surface area contributed by atoms with Gasteiger partial charge in [-0.25, -0.2) is 4.79 Å². The number of rotatable bonds is 7. The summed E-state index contributed by atoms with van der Waals surface area (Å²) in [4.78, 5) is 10.8. The summed E-state index contributed by atoms with van der Waals surface area (Å²) in [6, 6.07) is 0.870. The number of hydrogen-bond donors (Lipinski definition) is 0. The molecular weight excluding hydrogens is 212 g/mol. The van der Waals surface area contributed by atoms with Crippen molar-refractivity contribution in [2.75, 3.05) is 13.9 Å². The lowest BCUT2D eigenvalue weighted by molar-refractivity contribution is -0.145. The number of esters is 1. The van der Waals surface area contributed by atoms with Crippen LogP contribution in [0.5, 0.6) is 0 Å². The zero-order valence-electron chi connectivity index (χ0n) is 9.91. The molecule has 1 unspecified atom stereocenters. The first-order valence-corrected chi connectivity index (χ1v) is 7.44. The third-order valence-corrected chi connectivity index (χ3v) is 5.09. The third-order valence-electron chi connectivity index (χ3n) is 1.94. The maximum Gasteiger partial charge on any atom is 0.337 e. The summed E-state index contributed by atoms with van der Waals surface area (Å²) in [7, 11) is -0.549. The molecule has 0 heterocycles. The van der Waals surface area contributed by atoms with E-state index in [1.807, 2.05) is 6.55 Å². The minimum atomic E-state index is -2.18. The summed E-state index contributed by atoms with van der Waals surface area (Å²) in [5.74, 6) is 0.0173. The Kier molecular flexibility index (Phi) is 6.47. The Labute approximate surface area is 92.5 Å². The maximum absolute atomic E-state index is 10.8. The molecule has 5 heteroatoms. The van der Waals surface area contributed by atoms with E-state index in [4.69, 9.17) is 13.6 Å². The molecule has 0 amide bonds. The van der Waals surface area contributed by atoms with Gasteiger partial charge in [-0.3, -0.25) is 0 Å². The fourth-order valence-electron chi connectivity index (χ4n) is 1.21. The molecule has 4 nitrogen and oxygen atoms in total. The predicted molar refractivity (Wildman–Crippen MR) is 60.5 cm³/mol. The van der Waals surface area contributed by atoms with Crippen molar-refractivity contribution in [3.63, 3.8) is 0 Å². The molecule has 0 rings (SSSR count). The van der Waals surface area contributed by atoms with Crippen molar-refractivity contribution in [2.45, 2.75) is 26.4 Å². The fraction of sp³-hybridized carbons (Fsp3) is 0.700. The number of ether oxygens (including phenoxy) is 1. The van der Waals surface area contributed by atoms with Crippen LogP contribution >= 0.6 is 0 Å². The molecule has 0 saturated carbocycles. The zero-order valence-corrected chi connectivity index (χ0v) is 10.9. The third kappa shape index (κ3) is 6.43. The fourth-order valence-corrected chi connectivity index (χ4v) is 3.41. The zero-order chi connectivity index (χ0) is 11.9.